The summed E-state index contributed by atoms with van der Waals surface area (Å²) in [4.78, 5) is 27.2. The first-order chi connectivity index (χ1) is 15.4. The van der Waals surface area contributed by atoms with Gasteiger partial charge in [0.2, 0.25) is 5.75 Å². The lowest BCUT2D eigenvalue weighted by atomic mass is 10.1. The van der Waals surface area contributed by atoms with E-state index < -0.39 is 22.0 Å². The molecule has 9 nitrogen and oxygen atoms in total. The van der Waals surface area contributed by atoms with Crippen LogP contribution in [0.3, 0.4) is 0 Å². The van der Waals surface area contributed by atoms with Gasteiger partial charge in [-0.15, -0.1) is 11.3 Å². The first kappa shape index (κ1) is 20.8. The van der Waals surface area contributed by atoms with Crippen LogP contribution in [0.25, 0.3) is 33.9 Å². The molecule has 158 valence electrons. The number of para-hydroxylation sites is 1. The summed E-state index contributed by atoms with van der Waals surface area (Å²) < 4.78 is 10.3. The smallest absolute Gasteiger partial charge is 0.345 e. The van der Waals surface area contributed by atoms with Gasteiger partial charge in [0.15, 0.2) is 5.75 Å². The zero-order chi connectivity index (χ0) is 22.8. The van der Waals surface area contributed by atoms with Crippen molar-refractivity contribution in [3.63, 3.8) is 0 Å². The van der Waals surface area contributed by atoms with Gasteiger partial charge < -0.3 is 14.3 Å². The Balaban J connectivity index is 1.77. The molecule has 2 aromatic carbocycles. The topological polar surface area (TPSA) is 139 Å². The van der Waals surface area contributed by atoms with E-state index in [0.29, 0.717) is 16.3 Å². The lowest BCUT2D eigenvalue weighted by molar-refractivity contribution is -0.386. The monoisotopic (exact) mass is 447 g/mol. The number of ether oxygens (including phenoxy) is 1. The van der Waals surface area contributed by atoms with Gasteiger partial charge in [-0.05, 0) is 29.8 Å². The van der Waals surface area contributed by atoms with Gasteiger partial charge in [0.1, 0.15) is 16.7 Å². The molecule has 0 fully saturated rings. The van der Waals surface area contributed by atoms with Crippen LogP contribution in [-0.4, -0.2) is 22.1 Å². The molecule has 2 heterocycles. The highest BCUT2D eigenvalue weighted by Gasteiger charge is 2.20. The van der Waals surface area contributed by atoms with Crippen molar-refractivity contribution >= 4 is 39.6 Å². The Morgan fingerprint density at radius 3 is 2.84 bits per heavy atom. The molecule has 0 saturated carbocycles. The minimum Gasteiger partial charge on any atom is -0.500 e. The summed E-state index contributed by atoms with van der Waals surface area (Å²) in [5.74, 6) is -0.705. The normalized spacial score (nSPS) is 11.3. The van der Waals surface area contributed by atoms with Crippen molar-refractivity contribution in [1.82, 2.24) is 4.98 Å². The number of rotatable bonds is 5. The molecule has 0 atom stereocenters. The third-order valence-electron chi connectivity index (χ3n) is 4.58. The number of nitro benzene ring substituents is 1. The molecule has 0 spiro atoms. The van der Waals surface area contributed by atoms with Crippen molar-refractivity contribution in [2.75, 3.05) is 7.11 Å². The molecule has 0 aliphatic heterocycles. The number of methoxy groups -OCH3 is 1. The van der Waals surface area contributed by atoms with Crippen molar-refractivity contribution in [1.29, 1.82) is 5.26 Å². The molecule has 0 aliphatic carbocycles. The minimum absolute atomic E-state index is 0.101. The van der Waals surface area contributed by atoms with E-state index in [1.165, 1.54) is 19.3 Å². The summed E-state index contributed by atoms with van der Waals surface area (Å²) in [6.07, 6.45) is 1.39. The number of benzene rings is 2. The summed E-state index contributed by atoms with van der Waals surface area (Å²) in [6, 6.07) is 13.3. The number of hydrogen-bond acceptors (Lipinski definition) is 9. The molecule has 0 amide bonds. The van der Waals surface area contributed by atoms with Crippen LogP contribution in [0, 0.1) is 21.4 Å². The number of phenolic OH excluding ortho intramolecular Hbond substituents is 1. The van der Waals surface area contributed by atoms with E-state index >= 15 is 0 Å². The number of nitriles is 1. The van der Waals surface area contributed by atoms with Crippen molar-refractivity contribution < 1.29 is 19.2 Å². The second-order valence-corrected chi connectivity index (χ2v) is 7.40. The number of allylic oxidation sites excluding steroid dienone is 1. The van der Waals surface area contributed by atoms with Crippen LogP contribution in [0.15, 0.2) is 57.1 Å². The van der Waals surface area contributed by atoms with Gasteiger partial charge in [0.25, 0.3) is 0 Å². The average Bonchev–Trinajstić information content (AvgIpc) is 3.27. The molecule has 32 heavy (non-hydrogen) atoms. The van der Waals surface area contributed by atoms with Crippen LogP contribution in [-0.2, 0) is 0 Å². The zero-order valence-corrected chi connectivity index (χ0v) is 17.3. The van der Waals surface area contributed by atoms with Crippen LogP contribution in [0.1, 0.15) is 10.6 Å². The number of hydrogen-bond donors (Lipinski definition) is 1. The summed E-state index contributed by atoms with van der Waals surface area (Å²) >= 11 is 1.14. The van der Waals surface area contributed by atoms with Gasteiger partial charge in [-0.25, -0.2) is 9.78 Å². The van der Waals surface area contributed by atoms with E-state index in [0.717, 1.165) is 22.8 Å². The predicted molar refractivity (Wildman–Crippen MR) is 118 cm³/mol. The second kappa shape index (κ2) is 8.33. The van der Waals surface area contributed by atoms with Gasteiger partial charge in [-0.3, -0.25) is 10.1 Å². The summed E-state index contributed by atoms with van der Waals surface area (Å²) in [5.41, 5.74) is 0.337. The third kappa shape index (κ3) is 3.80. The maximum atomic E-state index is 12.4. The van der Waals surface area contributed by atoms with Gasteiger partial charge >= 0.3 is 11.3 Å². The lowest BCUT2D eigenvalue weighted by Crippen LogP contribution is -2.02. The number of fused-ring (bicyclic) bond motifs is 1. The van der Waals surface area contributed by atoms with E-state index in [2.05, 4.69) is 4.98 Å². The van der Waals surface area contributed by atoms with E-state index in [4.69, 9.17) is 9.15 Å². The summed E-state index contributed by atoms with van der Waals surface area (Å²) in [7, 11) is 1.26. The Bertz CT molecular complexity index is 1500. The second-order valence-electron chi connectivity index (χ2n) is 6.54. The molecular formula is C22H13N3O6S. The first-order valence-electron chi connectivity index (χ1n) is 9.07. The SMILES string of the molecule is COc1cc(/C=C(\C#N)c2nc(-c3cc4ccccc4oc3=O)cs2)cc([N+](=O)[O-])c1O. The Morgan fingerprint density at radius 2 is 2.12 bits per heavy atom. The van der Waals surface area contributed by atoms with Crippen molar-refractivity contribution in [2.45, 2.75) is 0 Å². The molecular weight excluding hydrogens is 434 g/mol. The lowest BCUT2D eigenvalue weighted by Gasteiger charge is -2.05. The van der Waals surface area contributed by atoms with Crippen molar-refractivity contribution in [3.05, 3.63) is 79.0 Å². The average molecular weight is 447 g/mol. The van der Waals surface area contributed by atoms with Crippen LogP contribution in [0.2, 0.25) is 0 Å². The van der Waals surface area contributed by atoms with Crippen LogP contribution < -0.4 is 10.4 Å². The third-order valence-corrected chi connectivity index (χ3v) is 5.45. The molecule has 0 aliphatic rings. The standard InChI is InChI=1S/C22H13N3O6S/c1-30-19-8-12(7-17(20(19)26)25(28)29)6-14(10-23)21-24-16(11-32-21)15-9-13-4-2-3-5-18(13)31-22(15)27/h2-9,11,26H,1H3/b14-6+. The number of nitrogens with zero attached hydrogens (tertiary/aromatic N) is 3. The maximum absolute atomic E-state index is 12.4. The number of phenols is 1. The fourth-order valence-corrected chi connectivity index (χ4v) is 3.85. The van der Waals surface area contributed by atoms with Gasteiger partial charge in [-0.1, -0.05) is 18.2 Å². The zero-order valence-electron chi connectivity index (χ0n) is 16.4. The van der Waals surface area contributed by atoms with E-state index in [1.54, 1.807) is 29.6 Å². The number of aromatic nitrogens is 1. The first-order valence-corrected chi connectivity index (χ1v) is 9.95. The van der Waals surface area contributed by atoms with Gasteiger partial charge in [-0.2, -0.15) is 5.26 Å². The Kier molecular flexibility index (Phi) is 5.41. The van der Waals surface area contributed by atoms with Crippen LogP contribution in [0.4, 0.5) is 5.69 Å². The van der Waals surface area contributed by atoms with Gasteiger partial charge in [0, 0.05) is 16.8 Å². The highest BCUT2D eigenvalue weighted by atomic mass is 32.1. The van der Waals surface area contributed by atoms with Crippen LogP contribution in [0.5, 0.6) is 11.5 Å². The number of thiazole rings is 1. The quantitative estimate of drug-likeness (QED) is 0.203. The maximum Gasteiger partial charge on any atom is 0.345 e. The van der Waals surface area contributed by atoms with Crippen molar-refractivity contribution in [2.24, 2.45) is 0 Å². The Morgan fingerprint density at radius 1 is 1.34 bits per heavy atom. The molecule has 0 bridgehead atoms. The largest absolute Gasteiger partial charge is 0.500 e. The number of aromatic hydroxyl groups is 1. The number of nitro groups is 1. The van der Waals surface area contributed by atoms with Crippen LogP contribution >= 0.6 is 11.3 Å². The molecule has 1 N–H and O–H groups in total. The highest BCUT2D eigenvalue weighted by Crippen LogP contribution is 2.38. The molecule has 2 aromatic heterocycles. The fourth-order valence-electron chi connectivity index (χ4n) is 3.06. The molecule has 4 rings (SSSR count). The Labute approximate surface area is 184 Å². The summed E-state index contributed by atoms with van der Waals surface area (Å²) in [5, 5.41) is 33.4. The molecule has 0 saturated heterocycles. The molecule has 10 heteroatoms. The summed E-state index contributed by atoms with van der Waals surface area (Å²) in [6.45, 7) is 0. The fraction of sp³-hybridized carbons (Fsp3) is 0.0455. The van der Waals surface area contributed by atoms with E-state index in [-0.39, 0.29) is 22.4 Å². The Hall–Kier alpha value is -4.49. The molecule has 0 unspecified atom stereocenters. The molecule has 0 radical (unpaired) electrons. The van der Waals surface area contributed by atoms with E-state index in [9.17, 15) is 25.3 Å². The highest BCUT2D eigenvalue weighted by molar-refractivity contribution is 7.11. The molecule has 4 aromatic rings. The van der Waals surface area contributed by atoms with E-state index in [1.807, 2.05) is 12.1 Å². The van der Waals surface area contributed by atoms with Gasteiger partial charge in [0.05, 0.1) is 28.9 Å². The van der Waals surface area contributed by atoms with Crippen molar-refractivity contribution in [3.8, 4) is 28.8 Å². The minimum atomic E-state index is -0.748. The predicted octanol–water partition coefficient (Wildman–Crippen LogP) is 4.60.